The lowest BCUT2D eigenvalue weighted by molar-refractivity contribution is 0.341. The molecule has 2 aromatic rings. The van der Waals surface area contributed by atoms with E-state index in [0.29, 0.717) is 12.0 Å². The molecule has 1 fully saturated rings. The van der Waals surface area contributed by atoms with Gasteiger partial charge in [0.2, 0.25) is 0 Å². The fraction of sp³-hybridized carbons (Fsp3) is 0.400. The molecule has 1 aliphatic heterocycles. The average molecular weight is 406 g/mol. The van der Waals surface area contributed by atoms with Crippen molar-refractivity contribution in [3.05, 3.63) is 52.0 Å². The molecule has 0 aromatic heterocycles. The first kappa shape index (κ1) is 18.1. The van der Waals surface area contributed by atoms with Crippen LogP contribution < -0.4 is 19.5 Å². The van der Waals surface area contributed by atoms with Gasteiger partial charge in [-0.05, 0) is 47.0 Å². The number of hydrogen-bond acceptors (Lipinski definition) is 4. The van der Waals surface area contributed by atoms with Gasteiger partial charge < -0.3 is 19.5 Å². The van der Waals surface area contributed by atoms with E-state index >= 15 is 0 Å². The van der Waals surface area contributed by atoms with Crippen LogP contribution in [0.3, 0.4) is 0 Å². The third-order valence-electron chi connectivity index (χ3n) is 4.87. The average Bonchev–Trinajstić information content (AvgIpc) is 2.67. The van der Waals surface area contributed by atoms with Crippen LogP contribution in [0.1, 0.15) is 35.9 Å². The van der Waals surface area contributed by atoms with Gasteiger partial charge in [0.1, 0.15) is 17.2 Å². The summed E-state index contributed by atoms with van der Waals surface area (Å²) >= 11 is 3.53. The van der Waals surface area contributed by atoms with Gasteiger partial charge in [-0.15, -0.1) is 0 Å². The Kier molecular flexibility index (Phi) is 5.86. The number of halogens is 1. The summed E-state index contributed by atoms with van der Waals surface area (Å²) in [5, 5.41) is 3.67. The molecule has 2 aromatic carbocycles. The maximum atomic E-state index is 5.59. The smallest absolute Gasteiger partial charge is 0.133 e. The summed E-state index contributed by atoms with van der Waals surface area (Å²) in [5.74, 6) is 3.07. The maximum absolute atomic E-state index is 5.59. The van der Waals surface area contributed by atoms with Crippen LogP contribution in [0.15, 0.2) is 40.9 Å². The Hall–Kier alpha value is -1.72. The highest BCUT2D eigenvalue weighted by Gasteiger charge is 2.27. The van der Waals surface area contributed by atoms with E-state index in [-0.39, 0.29) is 0 Å². The van der Waals surface area contributed by atoms with E-state index in [2.05, 4.69) is 39.4 Å². The third-order valence-corrected chi connectivity index (χ3v) is 5.49. The van der Waals surface area contributed by atoms with Gasteiger partial charge in [-0.25, -0.2) is 0 Å². The fourth-order valence-corrected chi connectivity index (χ4v) is 4.03. The number of benzene rings is 2. The standard InChI is InChI=1S/C20H24BrNO3/c1-23-18-7-5-4-6-14(18)17-9-8-13(12-22-17)15-10-20(25-3)16(21)11-19(15)24-2/h4-7,10-11,13,17,22H,8-9,12H2,1-3H3/t13?,17-/m0/s1. The molecule has 0 radical (unpaired) electrons. The molecule has 2 atom stereocenters. The highest BCUT2D eigenvalue weighted by molar-refractivity contribution is 9.10. The van der Waals surface area contributed by atoms with Crippen molar-refractivity contribution in [3.8, 4) is 17.2 Å². The molecule has 1 saturated heterocycles. The van der Waals surface area contributed by atoms with Crippen LogP contribution in [-0.2, 0) is 0 Å². The Bertz CT molecular complexity index is 727. The molecule has 1 unspecified atom stereocenters. The molecule has 5 heteroatoms. The van der Waals surface area contributed by atoms with Crippen LogP contribution in [-0.4, -0.2) is 27.9 Å². The largest absolute Gasteiger partial charge is 0.496 e. The van der Waals surface area contributed by atoms with Gasteiger partial charge in [0.15, 0.2) is 0 Å². The molecule has 3 rings (SSSR count). The fourth-order valence-electron chi connectivity index (χ4n) is 3.54. The molecular weight excluding hydrogens is 382 g/mol. The highest BCUT2D eigenvalue weighted by Crippen LogP contribution is 2.41. The van der Waals surface area contributed by atoms with Crippen molar-refractivity contribution in [2.45, 2.75) is 24.8 Å². The Morgan fingerprint density at radius 2 is 1.60 bits per heavy atom. The van der Waals surface area contributed by atoms with Crippen LogP contribution in [0.2, 0.25) is 0 Å². The summed E-state index contributed by atoms with van der Waals surface area (Å²) in [6.45, 7) is 0.893. The summed E-state index contributed by atoms with van der Waals surface area (Å²) < 4.78 is 17.5. The van der Waals surface area contributed by atoms with E-state index in [1.54, 1.807) is 21.3 Å². The van der Waals surface area contributed by atoms with E-state index in [9.17, 15) is 0 Å². The first-order chi connectivity index (χ1) is 12.2. The van der Waals surface area contributed by atoms with Crippen LogP contribution in [0.25, 0.3) is 0 Å². The molecule has 134 valence electrons. The summed E-state index contributed by atoms with van der Waals surface area (Å²) in [7, 11) is 5.13. The van der Waals surface area contributed by atoms with Gasteiger partial charge in [-0.3, -0.25) is 0 Å². The molecule has 1 aliphatic rings. The first-order valence-corrected chi connectivity index (χ1v) is 9.25. The summed E-state index contributed by atoms with van der Waals surface area (Å²) in [5.41, 5.74) is 2.41. The predicted octanol–water partition coefficient (Wildman–Crippen LogP) is 4.68. The quantitative estimate of drug-likeness (QED) is 0.783. The molecule has 25 heavy (non-hydrogen) atoms. The molecule has 1 heterocycles. The number of ether oxygens (including phenoxy) is 3. The molecule has 1 N–H and O–H groups in total. The van der Waals surface area contributed by atoms with Crippen molar-refractivity contribution in [2.24, 2.45) is 0 Å². The zero-order chi connectivity index (χ0) is 17.8. The topological polar surface area (TPSA) is 39.7 Å². The zero-order valence-electron chi connectivity index (χ0n) is 14.8. The lowest BCUT2D eigenvalue weighted by Crippen LogP contribution is -2.32. The molecule has 0 bridgehead atoms. The lowest BCUT2D eigenvalue weighted by atomic mass is 9.86. The predicted molar refractivity (Wildman–Crippen MR) is 103 cm³/mol. The number of hydrogen-bond donors (Lipinski definition) is 1. The third kappa shape index (κ3) is 3.77. The summed E-state index contributed by atoms with van der Waals surface area (Å²) in [4.78, 5) is 0. The Balaban J connectivity index is 1.78. The number of nitrogens with one attached hydrogen (secondary N) is 1. The molecule has 0 aliphatic carbocycles. The second-order valence-electron chi connectivity index (χ2n) is 6.21. The minimum Gasteiger partial charge on any atom is -0.496 e. The van der Waals surface area contributed by atoms with Crippen molar-refractivity contribution >= 4 is 15.9 Å². The second kappa shape index (κ2) is 8.11. The van der Waals surface area contributed by atoms with Gasteiger partial charge >= 0.3 is 0 Å². The van der Waals surface area contributed by atoms with Crippen molar-refractivity contribution in [1.29, 1.82) is 0 Å². The van der Waals surface area contributed by atoms with Crippen LogP contribution in [0, 0.1) is 0 Å². The minimum absolute atomic E-state index is 0.315. The van der Waals surface area contributed by atoms with Crippen molar-refractivity contribution in [1.82, 2.24) is 5.32 Å². The van der Waals surface area contributed by atoms with E-state index in [4.69, 9.17) is 14.2 Å². The molecule has 4 nitrogen and oxygen atoms in total. The van der Waals surface area contributed by atoms with Gasteiger partial charge in [0, 0.05) is 29.6 Å². The van der Waals surface area contributed by atoms with E-state index in [0.717, 1.165) is 41.1 Å². The maximum Gasteiger partial charge on any atom is 0.133 e. The Morgan fingerprint density at radius 1 is 0.880 bits per heavy atom. The zero-order valence-corrected chi connectivity index (χ0v) is 16.4. The van der Waals surface area contributed by atoms with Crippen molar-refractivity contribution in [3.63, 3.8) is 0 Å². The minimum atomic E-state index is 0.315. The molecule has 0 spiro atoms. The summed E-state index contributed by atoms with van der Waals surface area (Å²) in [6, 6.07) is 12.6. The normalized spacial score (nSPS) is 20.2. The monoisotopic (exact) mass is 405 g/mol. The number of para-hydroxylation sites is 1. The van der Waals surface area contributed by atoms with Gasteiger partial charge in [0.05, 0.1) is 25.8 Å². The van der Waals surface area contributed by atoms with E-state index in [1.165, 1.54) is 11.1 Å². The van der Waals surface area contributed by atoms with Gasteiger partial charge in [0.25, 0.3) is 0 Å². The van der Waals surface area contributed by atoms with Crippen molar-refractivity contribution in [2.75, 3.05) is 27.9 Å². The molecule has 0 amide bonds. The molecule has 0 saturated carbocycles. The molecular formula is C20H24BrNO3. The van der Waals surface area contributed by atoms with Crippen LogP contribution in [0.4, 0.5) is 0 Å². The van der Waals surface area contributed by atoms with Crippen molar-refractivity contribution < 1.29 is 14.2 Å². The Labute approximate surface area is 157 Å². The van der Waals surface area contributed by atoms with Crippen LogP contribution >= 0.6 is 15.9 Å². The van der Waals surface area contributed by atoms with Gasteiger partial charge in [-0.1, -0.05) is 18.2 Å². The highest BCUT2D eigenvalue weighted by atomic mass is 79.9. The van der Waals surface area contributed by atoms with E-state index in [1.807, 2.05) is 18.2 Å². The second-order valence-corrected chi connectivity index (χ2v) is 7.06. The SMILES string of the molecule is COc1cc(C2CC[C@@H](c3ccccc3OC)NC2)c(OC)cc1Br. The van der Waals surface area contributed by atoms with Crippen LogP contribution in [0.5, 0.6) is 17.2 Å². The number of methoxy groups -OCH3 is 3. The van der Waals surface area contributed by atoms with E-state index < -0.39 is 0 Å². The van der Waals surface area contributed by atoms with Gasteiger partial charge in [-0.2, -0.15) is 0 Å². The Morgan fingerprint density at radius 3 is 2.24 bits per heavy atom. The summed E-state index contributed by atoms with van der Waals surface area (Å²) in [6.07, 6.45) is 2.13. The first-order valence-electron chi connectivity index (χ1n) is 8.45. The lowest BCUT2D eigenvalue weighted by Gasteiger charge is -2.32. The number of piperidine rings is 1. The number of rotatable bonds is 5.